The molecule has 0 fully saturated rings. The van der Waals surface area contributed by atoms with Crippen LogP contribution in [0.3, 0.4) is 0 Å². The smallest absolute Gasteiger partial charge is 0.188 e. The molecule has 2 rings (SSSR count). The van der Waals surface area contributed by atoms with E-state index in [4.69, 9.17) is 15.2 Å². The third kappa shape index (κ3) is 7.51. The number of hydrogen-bond acceptors (Lipinski definition) is 3. The van der Waals surface area contributed by atoms with Crippen LogP contribution in [0, 0.1) is 0 Å². The van der Waals surface area contributed by atoms with E-state index in [-0.39, 0.29) is 24.0 Å². The van der Waals surface area contributed by atoms with Crippen LogP contribution >= 0.6 is 24.0 Å². The zero-order valence-electron chi connectivity index (χ0n) is 15.4. The second-order valence-electron chi connectivity index (χ2n) is 5.71. The van der Waals surface area contributed by atoms with Crippen LogP contribution in [0.15, 0.2) is 53.5 Å². The Balaban J connectivity index is 0.00000338. The molecule has 26 heavy (non-hydrogen) atoms. The predicted molar refractivity (Wildman–Crippen MR) is 118 cm³/mol. The predicted octanol–water partition coefficient (Wildman–Crippen LogP) is 3.40. The monoisotopic (exact) mass is 469 g/mol. The van der Waals surface area contributed by atoms with Gasteiger partial charge >= 0.3 is 0 Å². The van der Waals surface area contributed by atoms with E-state index in [1.165, 1.54) is 5.56 Å². The average molecular weight is 469 g/mol. The molecule has 0 amide bonds. The highest BCUT2D eigenvalue weighted by atomic mass is 127. The van der Waals surface area contributed by atoms with Gasteiger partial charge in [0.15, 0.2) is 5.96 Å². The van der Waals surface area contributed by atoms with Crippen molar-refractivity contribution in [3.8, 4) is 11.5 Å². The molecule has 0 aromatic heterocycles. The van der Waals surface area contributed by atoms with E-state index in [1.54, 1.807) is 14.2 Å². The standard InChI is InChI=1S/C20H27N3O2.HI/c1-24-18-10-11-19(25-2)17(15-18)9-6-13-22-20(21)23-14-12-16-7-4-3-5-8-16;/h3-5,7-8,10-11,15H,6,9,12-14H2,1-2H3,(H3,21,22,23);1H. The zero-order valence-corrected chi connectivity index (χ0v) is 17.7. The largest absolute Gasteiger partial charge is 0.497 e. The molecule has 0 saturated carbocycles. The number of guanidine groups is 1. The number of nitrogens with zero attached hydrogens (tertiary/aromatic N) is 1. The van der Waals surface area contributed by atoms with Crippen LogP contribution in [0.25, 0.3) is 0 Å². The number of ether oxygens (including phenoxy) is 2. The van der Waals surface area contributed by atoms with Crippen molar-refractivity contribution < 1.29 is 9.47 Å². The summed E-state index contributed by atoms with van der Waals surface area (Å²) in [6.45, 7) is 1.45. The summed E-state index contributed by atoms with van der Waals surface area (Å²) in [5.41, 5.74) is 8.32. The van der Waals surface area contributed by atoms with E-state index < -0.39 is 0 Å². The first kappa shape index (κ1) is 22.1. The number of hydrogen-bond donors (Lipinski definition) is 2. The zero-order chi connectivity index (χ0) is 17.9. The minimum Gasteiger partial charge on any atom is -0.497 e. The fourth-order valence-electron chi connectivity index (χ4n) is 2.58. The third-order valence-electron chi connectivity index (χ3n) is 3.94. The maximum absolute atomic E-state index is 5.91. The van der Waals surface area contributed by atoms with E-state index in [2.05, 4.69) is 22.4 Å². The fraction of sp³-hybridized carbons (Fsp3) is 0.350. The number of aryl methyl sites for hydroxylation is 1. The molecule has 6 heteroatoms. The topological polar surface area (TPSA) is 68.9 Å². The van der Waals surface area contributed by atoms with Crippen molar-refractivity contribution in [3.05, 3.63) is 59.7 Å². The van der Waals surface area contributed by atoms with Crippen LogP contribution in [-0.2, 0) is 12.8 Å². The Morgan fingerprint density at radius 2 is 1.81 bits per heavy atom. The lowest BCUT2D eigenvalue weighted by Gasteiger charge is -2.10. The second-order valence-corrected chi connectivity index (χ2v) is 5.71. The summed E-state index contributed by atoms with van der Waals surface area (Å²) < 4.78 is 10.7. The van der Waals surface area contributed by atoms with E-state index in [1.807, 2.05) is 36.4 Å². The Morgan fingerprint density at radius 1 is 1.04 bits per heavy atom. The Bertz CT molecular complexity index is 678. The molecule has 2 aromatic carbocycles. The van der Waals surface area contributed by atoms with Gasteiger partial charge < -0.3 is 20.5 Å². The molecule has 0 unspecified atom stereocenters. The molecular formula is C20H28IN3O2. The van der Waals surface area contributed by atoms with Gasteiger partial charge in [0.1, 0.15) is 11.5 Å². The van der Waals surface area contributed by atoms with Crippen LogP contribution < -0.4 is 20.5 Å². The summed E-state index contributed by atoms with van der Waals surface area (Å²) in [5, 5.41) is 3.15. The fourth-order valence-corrected chi connectivity index (χ4v) is 2.58. The molecular weight excluding hydrogens is 441 g/mol. The van der Waals surface area contributed by atoms with Crippen molar-refractivity contribution in [2.24, 2.45) is 10.7 Å². The molecule has 0 saturated heterocycles. The minimum atomic E-state index is 0. The van der Waals surface area contributed by atoms with Gasteiger partial charge in [-0.15, -0.1) is 24.0 Å². The van der Waals surface area contributed by atoms with Gasteiger partial charge in [-0.2, -0.15) is 0 Å². The summed E-state index contributed by atoms with van der Waals surface area (Å²) in [5.74, 6) is 2.20. The van der Waals surface area contributed by atoms with Crippen molar-refractivity contribution in [2.75, 3.05) is 27.3 Å². The highest BCUT2D eigenvalue weighted by molar-refractivity contribution is 14.0. The van der Waals surface area contributed by atoms with Crippen LogP contribution in [-0.4, -0.2) is 33.3 Å². The summed E-state index contributed by atoms with van der Waals surface area (Å²) in [6.07, 6.45) is 2.68. The van der Waals surface area contributed by atoms with E-state index in [0.29, 0.717) is 12.5 Å². The van der Waals surface area contributed by atoms with Crippen LogP contribution in [0.5, 0.6) is 11.5 Å². The van der Waals surface area contributed by atoms with Gasteiger partial charge in [0.25, 0.3) is 0 Å². The van der Waals surface area contributed by atoms with Crippen molar-refractivity contribution in [2.45, 2.75) is 19.3 Å². The maximum Gasteiger partial charge on any atom is 0.188 e. The normalized spacial score (nSPS) is 10.8. The summed E-state index contributed by atoms with van der Waals surface area (Å²) in [7, 11) is 3.34. The van der Waals surface area contributed by atoms with Gasteiger partial charge in [-0.05, 0) is 48.6 Å². The van der Waals surface area contributed by atoms with Crippen molar-refractivity contribution in [1.29, 1.82) is 0 Å². The molecule has 0 aliphatic carbocycles. The number of rotatable bonds is 9. The van der Waals surface area contributed by atoms with Gasteiger partial charge in [-0.1, -0.05) is 30.3 Å². The number of methoxy groups -OCH3 is 2. The SMILES string of the molecule is COc1ccc(OC)c(CCCN=C(N)NCCc2ccccc2)c1.I. The molecule has 0 radical (unpaired) electrons. The Labute approximate surface area is 173 Å². The van der Waals surface area contributed by atoms with E-state index in [0.717, 1.165) is 42.9 Å². The number of aliphatic imine (C=N–C) groups is 1. The van der Waals surface area contributed by atoms with Gasteiger partial charge in [0.2, 0.25) is 0 Å². The van der Waals surface area contributed by atoms with Crippen molar-refractivity contribution >= 4 is 29.9 Å². The Kier molecular flexibility index (Phi) is 10.5. The molecule has 0 heterocycles. The highest BCUT2D eigenvalue weighted by Crippen LogP contribution is 2.24. The van der Waals surface area contributed by atoms with Crippen LogP contribution in [0.2, 0.25) is 0 Å². The van der Waals surface area contributed by atoms with Crippen LogP contribution in [0.1, 0.15) is 17.5 Å². The first-order chi connectivity index (χ1) is 12.2. The molecule has 2 aromatic rings. The van der Waals surface area contributed by atoms with E-state index >= 15 is 0 Å². The first-order valence-corrected chi connectivity index (χ1v) is 8.51. The molecule has 0 aliphatic heterocycles. The maximum atomic E-state index is 5.91. The van der Waals surface area contributed by atoms with Crippen molar-refractivity contribution in [3.63, 3.8) is 0 Å². The van der Waals surface area contributed by atoms with E-state index in [9.17, 15) is 0 Å². The molecule has 3 N–H and O–H groups in total. The average Bonchev–Trinajstić information content (AvgIpc) is 2.66. The summed E-state index contributed by atoms with van der Waals surface area (Å²) in [6, 6.07) is 16.1. The summed E-state index contributed by atoms with van der Waals surface area (Å²) in [4.78, 5) is 4.38. The number of benzene rings is 2. The number of nitrogens with two attached hydrogens (primary N) is 1. The molecule has 0 bridgehead atoms. The molecule has 5 nitrogen and oxygen atoms in total. The summed E-state index contributed by atoms with van der Waals surface area (Å²) >= 11 is 0. The third-order valence-corrected chi connectivity index (χ3v) is 3.94. The number of nitrogens with one attached hydrogen (secondary N) is 1. The minimum absolute atomic E-state index is 0. The van der Waals surface area contributed by atoms with Gasteiger partial charge in [0.05, 0.1) is 14.2 Å². The molecule has 0 spiro atoms. The van der Waals surface area contributed by atoms with Crippen LogP contribution in [0.4, 0.5) is 0 Å². The van der Waals surface area contributed by atoms with Gasteiger partial charge in [-0.3, -0.25) is 4.99 Å². The first-order valence-electron chi connectivity index (χ1n) is 8.51. The molecule has 142 valence electrons. The Hall–Kier alpha value is -1.96. The number of halogens is 1. The quantitative estimate of drug-likeness (QED) is 0.256. The Morgan fingerprint density at radius 3 is 2.50 bits per heavy atom. The second kappa shape index (κ2) is 12.4. The van der Waals surface area contributed by atoms with Crippen molar-refractivity contribution in [1.82, 2.24) is 5.32 Å². The molecule has 0 atom stereocenters. The van der Waals surface area contributed by atoms with Gasteiger partial charge in [0, 0.05) is 13.1 Å². The lowest BCUT2D eigenvalue weighted by molar-refractivity contribution is 0.398. The highest BCUT2D eigenvalue weighted by Gasteiger charge is 2.04. The lowest BCUT2D eigenvalue weighted by Crippen LogP contribution is -2.33. The van der Waals surface area contributed by atoms with Gasteiger partial charge in [-0.25, -0.2) is 0 Å². The molecule has 0 aliphatic rings. The lowest BCUT2D eigenvalue weighted by atomic mass is 10.1.